The first kappa shape index (κ1) is 13.3. The molecule has 0 aliphatic heterocycles. The molecule has 0 atom stereocenters. The van der Waals surface area contributed by atoms with Crippen molar-refractivity contribution in [3.05, 3.63) is 59.4 Å². The van der Waals surface area contributed by atoms with Crippen LogP contribution in [-0.4, -0.2) is 10.9 Å². The number of carbonyl (C=O) groups is 1. The van der Waals surface area contributed by atoms with Gasteiger partial charge in [0.15, 0.2) is 0 Å². The minimum Gasteiger partial charge on any atom is -0.325 e. The average Bonchev–Trinajstić information content (AvgIpc) is 2.41. The quantitative estimate of drug-likeness (QED) is 0.909. The molecule has 0 aliphatic carbocycles. The summed E-state index contributed by atoms with van der Waals surface area (Å²) in [4.78, 5) is 15.9. The minimum absolute atomic E-state index is 0.0197. The highest BCUT2D eigenvalue weighted by Crippen LogP contribution is 2.09. The van der Waals surface area contributed by atoms with Crippen LogP contribution in [0, 0.1) is 13.8 Å². The zero-order chi connectivity index (χ0) is 13.7. The maximum Gasteiger partial charge on any atom is 0.224 e. The molecule has 0 unspecified atom stereocenters. The van der Waals surface area contributed by atoms with Crippen LogP contribution in [-0.2, 0) is 11.2 Å². The Morgan fingerprint density at radius 1 is 1.11 bits per heavy atom. The number of anilines is 1. The molecule has 0 saturated carbocycles. The zero-order valence-electron chi connectivity index (χ0n) is 11.3. The van der Waals surface area contributed by atoms with Gasteiger partial charge in [0.2, 0.25) is 5.91 Å². The number of pyridine rings is 1. The van der Waals surface area contributed by atoms with Gasteiger partial charge in [0.25, 0.3) is 0 Å². The van der Waals surface area contributed by atoms with Gasteiger partial charge in [-0.15, -0.1) is 0 Å². The van der Waals surface area contributed by atoms with E-state index in [0.29, 0.717) is 6.42 Å². The van der Waals surface area contributed by atoms with E-state index in [0.717, 1.165) is 17.8 Å². The molecular weight excluding hydrogens is 236 g/mol. The summed E-state index contributed by atoms with van der Waals surface area (Å²) in [5, 5.41) is 2.85. The molecule has 3 heteroatoms. The second kappa shape index (κ2) is 6.14. The zero-order valence-corrected chi connectivity index (χ0v) is 11.3. The van der Waals surface area contributed by atoms with E-state index in [4.69, 9.17) is 0 Å². The minimum atomic E-state index is 0.0197. The van der Waals surface area contributed by atoms with E-state index < -0.39 is 0 Å². The third kappa shape index (κ3) is 4.21. The fourth-order valence-corrected chi connectivity index (χ4v) is 1.78. The summed E-state index contributed by atoms with van der Waals surface area (Å²) in [5.41, 5.74) is 4.11. The Morgan fingerprint density at radius 3 is 2.47 bits per heavy atom. The molecular formula is C16H18N2O. The predicted octanol–water partition coefficient (Wildman–Crippen LogP) is 3.27. The van der Waals surface area contributed by atoms with Gasteiger partial charge in [-0.05, 0) is 38.0 Å². The molecule has 2 rings (SSSR count). The van der Waals surface area contributed by atoms with Gasteiger partial charge < -0.3 is 5.32 Å². The number of rotatable bonds is 4. The Labute approximate surface area is 113 Å². The maximum absolute atomic E-state index is 11.8. The lowest BCUT2D eigenvalue weighted by molar-refractivity contribution is -0.116. The van der Waals surface area contributed by atoms with Crippen LogP contribution in [0.5, 0.6) is 0 Å². The summed E-state index contributed by atoms with van der Waals surface area (Å²) in [6.45, 7) is 3.98. The maximum atomic E-state index is 11.8. The lowest BCUT2D eigenvalue weighted by Gasteiger charge is -2.05. The smallest absolute Gasteiger partial charge is 0.224 e. The van der Waals surface area contributed by atoms with Crippen molar-refractivity contribution in [2.45, 2.75) is 26.7 Å². The molecule has 1 aromatic heterocycles. The standard InChI is InChI=1S/C16H18N2O/c1-12-3-6-14(7-4-12)8-10-16(19)18-15-9-5-13(2)17-11-15/h3-7,9,11H,8,10H2,1-2H3,(H,18,19). The molecule has 1 amide bonds. The normalized spacial score (nSPS) is 10.2. The molecule has 0 aliphatic rings. The molecule has 0 fully saturated rings. The van der Waals surface area contributed by atoms with Crippen molar-refractivity contribution in [1.29, 1.82) is 0 Å². The molecule has 0 bridgehead atoms. The van der Waals surface area contributed by atoms with Crippen molar-refractivity contribution in [1.82, 2.24) is 4.98 Å². The number of nitrogens with one attached hydrogen (secondary N) is 1. The predicted molar refractivity (Wildman–Crippen MR) is 77.1 cm³/mol. The molecule has 98 valence electrons. The summed E-state index contributed by atoms with van der Waals surface area (Å²) in [5.74, 6) is 0.0197. The van der Waals surface area contributed by atoms with Crippen molar-refractivity contribution < 1.29 is 4.79 Å². The first-order valence-electron chi connectivity index (χ1n) is 6.41. The van der Waals surface area contributed by atoms with Gasteiger partial charge in [0, 0.05) is 12.1 Å². The van der Waals surface area contributed by atoms with E-state index in [2.05, 4.69) is 41.5 Å². The highest BCUT2D eigenvalue weighted by Gasteiger charge is 2.03. The number of carbonyl (C=O) groups excluding carboxylic acids is 1. The van der Waals surface area contributed by atoms with E-state index in [1.807, 2.05) is 19.1 Å². The highest BCUT2D eigenvalue weighted by molar-refractivity contribution is 5.90. The summed E-state index contributed by atoms with van der Waals surface area (Å²) >= 11 is 0. The molecule has 0 saturated heterocycles. The monoisotopic (exact) mass is 254 g/mol. The summed E-state index contributed by atoms with van der Waals surface area (Å²) in [6.07, 6.45) is 2.92. The first-order valence-corrected chi connectivity index (χ1v) is 6.41. The third-order valence-electron chi connectivity index (χ3n) is 2.96. The van der Waals surface area contributed by atoms with Crippen LogP contribution in [0.25, 0.3) is 0 Å². The van der Waals surface area contributed by atoms with Gasteiger partial charge in [-0.2, -0.15) is 0 Å². The van der Waals surface area contributed by atoms with Crippen molar-refractivity contribution in [2.24, 2.45) is 0 Å². The molecule has 19 heavy (non-hydrogen) atoms. The third-order valence-corrected chi connectivity index (χ3v) is 2.96. The van der Waals surface area contributed by atoms with E-state index in [9.17, 15) is 4.79 Å². The Morgan fingerprint density at radius 2 is 1.84 bits per heavy atom. The second-order valence-corrected chi connectivity index (χ2v) is 4.72. The second-order valence-electron chi connectivity index (χ2n) is 4.72. The van der Waals surface area contributed by atoms with Crippen LogP contribution in [0.4, 0.5) is 5.69 Å². The van der Waals surface area contributed by atoms with Crippen LogP contribution in [0.2, 0.25) is 0 Å². The number of amides is 1. The molecule has 1 N–H and O–H groups in total. The van der Waals surface area contributed by atoms with Gasteiger partial charge in [0.1, 0.15) is 0 Å². The number of benzene rings is 1. The van der Waals surface area contributed by atoms with Gasteiger partial charge in [-0.25, -0.2) is 0 Å². The van der Waals surface area contributed by atoms with Gasteiger partial charge in [0.05, 0.1) is 11.9 Å². The molecule has 2 aromatic rings. The summed E-state index contributed by atoms with van der Waals surface area (Å²) < 4.78 is 0. The van der Waals surface area contributed by atoms with Crippen LogP contribution < -0.4 is 5.32 Å². The van der Waals surface area contributed by atoms with Crippen LogP contribution in [0.15, 0.2) is 42.6 Å². The average molecular weight is 254 g/mol. The summed E-state index contributed by atoms with van der Waals surface area (Å²) in [6, 6.07) is 12.0. The molecule has 1 aromatic carbocycles. The van der Waals surface area contributed by atoms with Crippen molar-refractivity contribution >= 4 is 11.6 Å². The Kier molecular flexibility index (Phi) is 4.29. The van der Waals surface area contributed by atoms with E-state index in [1.165, 1.54) is 11.1 Å². The van der Waals surface area contributed by atoms with Crippen LogP contribution in [0.1, 0.15) is 23.2 Å². The SMILES string of the molecule is Cc1ccc(CCC(=O)Nc2ccc(C)nc2)cc1. The van der Waals surface area contributed by atoms with E-state index in [-0.39, 0.29) is 5.91 Å². The van der Waals surface area contributed by atoms with Crippen molar-refractivity contribution in [3.8, 4) is 0 Å². The fourth-order valence-electron chi connectivity index (χ4n) is 1.78. The van der Waals surface area contributed by atoms with Gasteiger partial charge in [-0.1, -0.05) is 29.8 Å². The Bertz CT molecular complexity index is 544. The largest absolute Gasteiger partial charge is 0.325 e. The number of hydrogen-bond donors (Lipinski definition) is 1. The number of aromatic nitrogens is 1. The number of nitrogens with zero attached hydrogens (tertiary/aromatic N) is 1. The molecule has 0 radical (unpaired) electrons. The molecule has 3 nitrogen and oxygen atoms in total. The Hall–Kier alpha value is -2.16. The van der Waals surface area contributed by atoms with Crippen LogP contribution in [0.3, 0.4) is 0 Å². The van der Waals surface area contributed by atoms with Gasteiger partial charge >= 0.3 is 0 Å². The highest BCUT2D eigenvalue weighted by atomic mass is 16.1. The number of aryl methyl sites for hydroxylation is 3. The molecule has 0 spiro atoms. The fraction of sp³-hybridized carbons (Fsp3) is 0.250. The lowest BCUT2D eigenvalue weighted by atomic mass is 10.1. The van der Waals surface area contributed by atoms with E-state index >= 15 is 0 Å². The summed E-state index contributed by atoms with van der Waals surface area (Å²) in [7, 11) is 0. The topological polar surface area (TPSA) is 42.0 Å². The lowest BCUT2D eigenvalue weighted by Crippen LogP contribution is -2.12. The van der Waals surface area contributed by atoms with Crippen molar-refractivity contribution in [2.75, 3.05) is 5.32 Å². The van der Waals surface area contributed by atoms with Crippen LogP contribution >= 0.6 is 0 Å². The molecule has 1 heterocycles. The first-order chi connectivity index (χ1) is 9.13. The Balaban J connectivity index is 1.84. The van der Waals surface area contributed by atoms with E-state index in [1.54, 1.807) is 6.20 Å². The van der Waals surface area contributed by atoms with Gasteiger partial charge in [-0.3, -0.25) is 9.78 Å². The van der Waals surface area contributed by atoms with Crippen molar-refractivity contribution in [3.63, 3.8) is 0 Å². The number of hydrogen-bond acceptors (Lipinski definition) is 2.